The van der Waals surface area contributed by atoms with Crippen molar-refractivity contribution in [3.8, 4) is 0 Å². The lowest BCUT2D eigenvalue weighted by Gasteiger charge is -2.46. The fourth-order valence-electron chi connectivity index (χ4n) is 6.41. The number of allylic oxidation sites excluding steroid dienone is 1. The molecule has 2 aromatic carbocycles. The van der Waals surface area contributed by atoms with Gasteiger partial charge in [-0.1, -0.05) is 92.6 Å². The molecule has 5 rings (SSSR count). The van der Waals surface area contributed by atoms with Gasteiger partial charge in [0.15, 0.2) is 0 Å². The minimum atomic E-state index is -0.0846. The normalized spacial score (nSPS) is 31.6. The third-order valence-corrected chi connectivity index (χ3v) is 8.03. The molecule has 0 amide bonds. The quantitative estimate of drug-likeness (QED) is 0.416. The van der Waals surface area contributed by atoms with Crippen LogP contribution in [0, 0.1) is 23.2 Å². The third-order valence-electron chi connectivity index (χ3n) is 8.03. The van der Waals surface area contributed by atoms with E-state index in [-0.39, 0.29) is 29.3 Å². The second-order valence-corrected chi connectivity index (χ2v) is 10.5. The van der Waals surface area contributed by atoms with E-state index in [1.54, 1.807) is 5.57 Å². The summed E-state index contributed by atoms with van der Waals surface area (Å²) in [4.78, 5) is 15.5. The second-order valence-electron chi connectivity index (χ2n) is 10.5. The zero-order valence-electron chi connectivity index (χ0n) is 19.4. The van der Waals surface area contributed by atoms with Gasteiger partial charge in [-0.25, -0.2) is 0 Å². The molecule has 0 N–H and O–H groups in total. The number of hydrogen-bond acceptors (Lipinski definition) is 3. The van der Waals surface area contributed by atoms with E-state index in [0.29, 0.717) is 5.92 Å². The van der Waals surface area contributed by atoms with Crippen LogP contribution in [-0.4, -0.2) is 23.5 Å². The summed E-state index contributed by atoms with van der Waals surface area (Å²) >= 11 is 0. The molecule has 3 nitrogen and oxygen atoms in total. The van der Waals surface area contributed by atoms with Crippen LogP contribution in [0.3, 0.4) is 0 Å². The smallest absolute Gasteiger partial charge is 0.311 e. The van der Waals surface area contributed by atoms with Crippen LogP contribution in [-0.2, 0) is 22.6 Å². The van der Waals surface area contributed by atoms with E-state index in [0.717, 1.165) is 26.1 Å². The summed E-state index contributed by atoms with van der Waals surface area (Å²) in [6.07, 6.45) is 7.28. The highest BCUT2D eigenvalue weighted by Crippen LogP contribution is 2.54. The molecule has 2 aliphatic carbocycles. The van der Waals surface area contributed by atoms with Crippen LogP contribution >= 0.6 is 0 Å². The van der Waals surface area contributed by atoms with Gasteiger partial charge in [-0.05, 0) is 41.7 Å². The molecule has 2 fully saturated rings. The highest BCUT2D eigenvalue weighted by Gasteiger charge is 2.51. The van der Waals surface area contributed by atoms with E-state index >= 15 is 0 Å². The molecule has 1 saturated heterocycles. The molecule has 0 spiro atoms. The van der Waals surface area contributed by atoms with Gasteiger partial charge in [-0.15, -0.1) is 0 Å². The summed E-state index contributed by atoms with van der Waals surface area (Å²) in [6.45, 7) is 7.16. The molecule has 3 heteroatoms. The summed E-state index contributed by atoms with van der Waals surface area (Å²) in [5.74, 6) is 0.743. The van der Waals surface area contributed by atoms with Crippen molar-refractivity contribution in [3.05, 3.63) is 83.4 Å². The first-order chi connectivity index (χ1) is 15.5. The van der Waals surface area contributed by atoms with Crippen molar-refractivity contribution in [1.29, 1.82) is 0 Å². The first-order valence-electron chi connectivity index (χ1n) is 12.2. The van der Waals surface area contributed by atoms with Crippen LogP contribution in [0.5, 0.6) is 0 Å². The van der Waals surface area contributed by atoms with Gasteiger partial charge in [0.25, 0.3) is 0 Å². The zero-order chi connectivity index (χ0) is 22.1. The highest BCUT2D eigenvalue weighted by molar-refractivity contribution is 5.76. The van der Waals surface area contributed by atoms with Crippen molar-refractivity contribution in [1.82, 2.24) is 4.90 Å². The minimum absolute atomic E-state index is 0.00197. The molecule has 1 aliphatic heterocycles. The average Bonchev–Trinajstić information content (AvgIpc) is 3.07. The van der Waals surface area contributed by atoms with Crippen LogP contribution < -0.4 is 0 Å². The molecular weight excluding hydrogens is 394 g/mol. The largest absolute Gasteiger partial charge is 0.461 e. The van der Waals surface area contributed by atoms with E-state index < -0.39 is 0 Å². The van der Waals surface area contributed by atoms with Gasteiger partial charge in [0.1, 0.15) is 6.10 Å². The molecule has 5 atom stereocenters. The van der Waals surface area contributed by atoms with Crippen molar-refractivity contribution in [2.24, 2.45) is 23.2 Å². The average molecular weight is 430 g/mol. The Morgan fingerprint density at radius 2 is 1.62 bits per heavy atom. The number of ether oxygens (including phenoxy) is 1. The first kappa shape index (κ1) is 21.5. The van der Waals surface area contributed by atoms with Gasteiger partial charge < -0.3 is 4.74 Å². The Morgan fingerprint density at radius 3 is 2.25 bits per heavy atom. The Hall–Kier alpha value is -2.39. The van der Waals surface area contributed by atoms with Crippen LogP contribution in [0.1, 0.15) is 50.7 Å². The van der Waals surface area contributed by atoms with Crippen molar-refractivity contribution >= 4 is 5.97 Å². The SMILES string of the molecule is C[C@H]1CCC[C@]2(C)C[C@H]3OC(=O)[C@@H](CN(Cc4ccccc4)Cc4ccccc4)[C@H]3C=C12. The summed E-state index contributed by atoms with van der Waals surface area (Å²) in [7, 11) is 0. The lowest BCUT2D eigenvalue weighted by atomic mass is 9.59. The van der Waals surface area contributed by atoms with E-state index in [2.05, 4.69) is 85.5 Å². The van der Waals surface area contributed by atoms with E-state index in [4.69, 9.17) is 4.74 Å². The number of carbonyl (C=O) groups is 1. The lowest BCUT2D eigenvalue weighted by molar-refractivity contribution is -0.145. The fourth-order valence-corrected chi connectivity index (χ4v) is 6.41. The standard InChI is InChI=1S/C29H35NO2/c1-21-10-9-15-29(2)17-27-24(16-26(21)29)25(28(31)32-27)20-30(18-22-11-5-3-6-12-22)19-23-13-7-4-8-14-23/h3-8,11-14,16,21,24-25,27H,9-10,15,17-20H2,1-2H3/t21-,24+,25-,27+,29+/m0/s1. The fraction of sp³-hybridized carbons (Fsp3) is 0.483. The van der Waals surface area contributed by atoms with Gasteiger partial charge in [0, 0.05) is 25.6 Å². The molecule has 0 unspecified atom stereocenters. The van der Waals surface area contributed by atoms with Gasteiger partial charge >= 0.3 is 5.97 Å². The monoisotopic (exact) mass is 429 g/mol. The van der Waals surface area contributed by atoms with Gasteiger partial charge in [-0.3, -0.25) is 9.69 Å². The summed E-state index contributed by atoms with van der Waals surface area (Å²) in [5, 5.41) is 0. The molecule has 168 valence electrons. The molecular formula is C29H35NO2. The van der Waals surface area contributed by atoms with Crippen LogP contribution in [0.25, 0.3) is 0 Å². The molecule has 0 aromatic heterocycles. The summed E-state index contributed by atoms with van der Waals surface area (Å²) in [5.41, 5.74) is 4.36. The van der Waals surface area contributed by atoms with Crippen LogP contribution in [0.4, 0.5) is 0 Å². The van der Waals surface area contributed by atoms with E-state index in [1.165, 1.54) is 30.4 Å². The highest BCUT2D eigenvalue weighted by atomic mass is 16.6. The van der Waals surface area contributed by atoms with Crippen molar-refractivity contribution < 1.29 is 9.53 Å². The maximum atomic E-state index is 13.1. The number of nitrogens with zero attached hydrogens (tertiary/aromatic N) is 1. The minimum Gasteiger partial charge on any atom is -0.461 e. The molecule has 0 bridgehead atoms. The molecule has 32 heavy (non-hydrogen) atoms. The van der Waals surface area contributed by atoms with E-state index in [9.17, 15) is 4.79 Å². The Morgan fingerprint density at radius 1 is 1.00 bits per heavy atom. The van der Waals surface area contributed by atoms with Crippen molar-refractivity contribution in [3.63, 3.8) is 0 Å². The van der Waals surface area contributed by atoms with Crippen molar-refractivity contribution in [2.45, 2.75) is 58.7 Å². The molecule has 2 aromatic rings. The van der Waals surface area contributed by atoms with Crippen molar-refractivity contribution in [2.75, 3.05) is 6.54 Å². The lowest BCUT2D eigenvalue weighted by Crippen LogP contribution is -2.40. The van der Waals surface area contributed by atoms with Gasteiger partial charge in [0.2, 0.25) is 0 Å². The van der Waals surface area contributed by atoms with Gasteiger partial charge in [0.05, 0.1) is 5.92 Å². The molecule has 3 aliphatic rings. The molecule has 1 saturated carbocycles. The van der Waals surface area contributed by atoms with Crippen LogP contribution in [0.15, 0.2) is 72.3 Å². The van der Waals surface area contributed by atoms with E-state index in [1.807, 2.05) is 0 Å². The predicted octanol–water partition coefficient (Wildman–Crippen LogP) is 6.00. The Kier molecular flexibility index (Phi) is 5.94. The number of benzene rings is 2. The van der Waals surface area contributed by atoms with Crippen LogP contribution in [0.2, 0.25) is 0 Å². The predicted molar refractivity (Wildman–Crippen MR) is 128 cm³/mol. The Bertz CT molecular complexity index is 928. The zero-order valence-corrected chi connectivity index (χ0v) is 19.4. The Labute approximate surface area is 192 Å². The topological polar surface area (TPSA) is 29.5 Å². The number of carbonyl (C=O) groups excluding carboxylic acids is 1. The number of fused-ring (bicyclic) bond motifs is 2. The number of hydrogen-bond donors (Lipinski definition) is 0. The molecule has 0 radical (unpaired) electrons. The summed E-state index contributed by atoms with van der Waals surface area (Å²) < 4.78 is 6.02. The number of esters is 1. The third kappa shape index (κ3) is 4.28. The second kappa shape index (κ2) is 8.86. The molecule has 1 heterocycles. The Balaban J connectivity index is 1.40. The maximum Gasteiger partial charge on any atom is 0.311 e. The summed E-state index contributed by atoms with van der Waals surface area (Å²) in [6, 6.07) is 21.2. The first-order valence-corrected chi connectivity index (χ1v) is 12.2. The number of rotatable bonds is 6. The van der Waals surface area contributed by atoms with Gasteiger partial charge in [-0.2, -0.15) is 0 Å². The maximum absolute atomic E-state index is 13.1.